The highest BCUT2D eigenvalue weighted by atomic mass is 16.5. The van der Waals surface area contributed by atoms with Crippen molar-refractivity contribution in [3.8, 4) is 28.3 Å². The molecule has 5 heteroatoms. The van der Waals surface area contributed by atoms with Gasteiger partial charge in [-0.3, -0.25) is 4.79 Å². The number of amides is 1. The standard InChI is InChI=1S/C25H25N3O2/c1-4-9-20(10-5-2)25(29)28-24-23(19-11-7-6-8-12-19)27-22(17-26-24)18-13-15-21(30-3)16-14-18/h4,6-17H,5H2,1-3H3,(H,26,28,29)/b9-4-,20-10+. The van der Waals surface area contributed by atoms with E-state index in [2.05, 4.69) is 10.3 Å². The lowest BCUT2D eigenvalue weighted by molar-refractivity contribution is -0.112. The molecule has 0 aliphatic carbocycles. The van der Waals surface area contributed by atoms with Crippen molar-refractivity contribution in [3.63, 3.8) is 0 Å². The van der Waals surface area contributed by atoms with E-state index in [0.717, 1.165) is 23.3 Å². The summed E-state index contributed by atoms with van der Waals surface area (Å²) >= 11 is 0. The molecule has 5 nitrogen and oxygen atoms in total. The molecular formula is C25H25N3O2. The van der Waals surface area contributed by atoms with Crippen molar-refractivity contribution in [1.29, 1.82) is 0 Å². The van der Waals surface area contributed by atoms with E-state index in [1.165, 1.54) is 0 Å². The van der Waals surface area contributed by atoms with Crippen LogP contribution in [0.25, 0.3) is 22.5 Å². The lowest BCUT2D eigenvalue weighted by Crippen LogP contribution is -2.16. The molecule has 0 saturated carbocycles. The van der Waals surface area contributed by atoms with Crippen LogP contribution in [0.3, 0.4) is 0 Å². The number of anilines is 1. The second-order valence-electron chi connectivity index (χ2n) is 6.57. The molecule has 0 fully saturated rings. The molecule has 0 spiro atoms. The fourth-order valence-electron chi connectivity index (χ4n) is 2.99. The van der Waals surface area contributed by atoms with Crippen LogP contribution < -0.4 is 10.1 Å². The molecule has 0 bridgehead atoms. The molecule has 0 saturated heterocycles. The zero-order valence-electron chi connectivity index (χ0n) is 17.4. The van der Waals surface area contributed by atoms with Crippen molar-refractivity contribution in [2.45, 2.75) is 20.3 Å². The summed E-state index contributed by atoms with van der Waals surface area (Å²) < 4.78 is 5.23. The Bertz CT molecular complexity index is 1060. The van der Waals surface area contributed by atoms with Crippen LogP contribution in [0.5, 0.6) is 5.75 Å². The van der Waals surface area contributed by atoms with Gasteiger partial charge in [0.2, 0.25) is 0 Å². The van der Waals surface area contributed by atoms with Crippen molar-refractivity contribution in [1.82, 2.24) is 9.97 Å². The summed E-state index contributed by atoms with van der Waals surface area (Å²) in [4.78, 5) is 22.1. The number of hydrogen-bond acceptors (Lipinski definition) is 4. The molecule has 1 aromatic heterocycles. The van der Waals surface area contributed by atoms with Gasteiger partial charge < -0.3 is 10.1 Å². The molecule has 30 heavy (non-hydrogen) atoms. The van der Waals surface area contributed by atoms with Gasteiger partial charge in [-0.1, -0.05) is 55.5 Å². The predicted octanol–water partition coefficient (Wildman–Crippen LogP) is 5.67. The lowest BCUT2D eigenvalue weighted by atomic mass is 10.1. The summed E-state index contributed by atoms with van der Waals surface area (Å²) in [6.07, 6.45) is 7.96. The number of nitrogens with zero attached hydrogens (tertiary/aromatic N) is 2. The fraction of sp³-hybridized carbons (Fsp3) is 0.160. The minimum atomic E-state index is -0.210. The Morgan fingerprint density at radius 3 is 2.43 bits per heavy atom. The number of carbonyl (C=O) groups excluding carboxylic acids is 1. The summed E-state index contributed by atoms with van der Waals surface area (Å²) in [6.45, 7) is 3.88. The number of aromatic nitrogens is 2. The highest BCUT2D eigenvalue weighted by Gasteiger charge is 2.15. The van der Waals surface area contributed by atoms with E-state index < -0.39 is 0 Å². The highest BCUT2D eigenvalue weighted by molar-refractivity contribution is 6.06. The monoisotopic (exact) mass is 399 g/mol. The third-order valence-corrected chi connectivity index (χ3v) is 4.47. The minimum Gasteiger partial charge on any atom is -0.497 e. The normalized spacial score (nSPS) is 11.5. The van der Waals surface area contributed by atoms with Crippen LogP contribution in [0.2, 0.25) is 0 Å². The van der Waals surface area contributed by atoms with Crippen LogP contribution in [-0.4, -0.2) is 23.0 Å². The number of carbonyl (C=O) groups is 1. The maximum absolute atomic E-state index is 12.8. The van der Waals surface area contributed by atoms with Gasteiger partial charge >= 0.3 is 0 Å². The Balaban J connectivity index is 2.02. The zero-order chi connectivity index (χ0) is 21.3. The fourth-order valence-corrected chi connectivity index (χ4v) is 2.99. The SMILES string of the molecule is C/C=C\C(=C/CC)C(=O)Nc1ncc(-c2ccc(OC)cc2)nc1-c1ccccc1. The second-order valence-corrected chi connectivity index (χ2v) is 6.57. The highest BCUT2D eigenvalue weighted by Crippen LogP contribution is 2.28. The van der Waals surface area contributed by atoms with Crippen molar-refractivity contribution in [3.05, 3.63) is 84.6 Å². The van der Waals surface area contributed by atoms with Gasteiger partial charge in [0, 0.05) is 16.7 Å². The van der Waals surface area contributed by atoms with Gasteiger partial charge in [0.25, 0.3) is 5.91 Å². The van der Waals surface area contributed by atoms with Gasteiger partial charge in [0.05, 0.1) is 19.0 Å². The zero-order valence-corrected chi connectivity index (χ0v) is 17.4. The van der Waals surface area contributed by atoms with Crippen molar-refractivity contribution >= 4 is 11.7 Å². The Hall–Kier alpha value is -3.73. The summed E-state index contributed by atoms with van der Waals surface area (Å²) in [5.74, 6) is 0.992. The number of benzene rings is 2. The van der Waals surface area contributed by atoms with Crippen LogP contribution in [0.15, 0.2) is 84.6 Å². The van der Waals surface area contributed by atoms with Crippen molar-refractivity contribution in [2.75, 3.05) is 12.4 Å². The lowest BCUT2D eigenvalue weighted by Gasteiger charge is -2.12. The van der Waals surface area contributed by atoms with E-state index >= 15 is 0 Å². The van der Waals surface area contributed by atoms with Gasteiger partial charge in [-0.05, 0) is 37.6 Å². The molecule has 1 amide bonds. The van der Waals surface area contributed by atoms with E-state index in [1.807, 2.05) is 80.6 Å². The van der Waals surface area contributed by atoms with Crippen molar-refractivity contribution < 1.29 is 9.53 Å². The van der Waals surface area contributed by atoms with E-state index in [9.17, 15) is 4.79 Å². The van der Waals surface area contributed by atoms with Crippen LogP contribution in [0.4, 0.5) is 5.82 Å². The molecular weight excluding hydrogens is 374 g/mol. The Morgan fingerprint density at radius 1 is 1.07 bits per heavy atom. The molecule has 0 atom stereocenters. The second kappa shape index (κ2) is 10.2. The maximum atomic E-state index is 12.8. The first-order valence-electron chi connectivity index (χ1n) is 9.87. The summed E-state index contributed by atoms with van der Waals surface area (Å²) in [7, 11) is 1.63. The molecule has 2 aromatic carbocycles. The van der Waals surface area contributed by atoms with Crippen LogP contribution >= 0.6 is 0 Å². The molecule has 3 aromatic rings. The molecule has 152 valence electrons. The number of rotatable bonds is 7. The van der Waals surface area contributed by atoms with Gasteiger partial charge in [-0.2, -0.15) is 0 Å². The molecule has 1 N–H and O–H groups in total. The van der Waals surface area contributed by atoms with E-state index in [-0.39, 0.29) is 5.91 Å². The number of allylic oxidation sites excluding steroid dienone is 2. The van der Waals surface area contributed by atoms with Gasteiger partial charge in [0.1, 0.15) is 11.4 Å². The van der Waals surface area contributed by atoms with Crippen LogP contribution in [0, 0.1) is 0 Å². The number of hydrogen-bond donors (Lipinski definition) is 1. The summed E-state index contributed by atoms with van der Waals surface area (Å²) in [5, 5.41) is 2.92. The van der Waals surface area contributed by atoms with E-state index in [0.29, 0.717) is 22.8 Å². The predicted molar refractivity (Wildman–Crippen MR) is 121 cm³/mol. The first kappa shape index (κ1) is 21.0. The van der Waals surface area contributed by atoms with E-state index in [4.69, 9.17) is 9.72 Å². The first-order valence-corrected chi connectivity index (χ1v) is 9.87. The summed E-state index contributed by atoms with van der Waals surface area (Å²) in [5.41, 5.74) is 3.72. The number of methoxy groups -OCH3 is 1. The Morgan fingerprint density at radius 2 is 1.80 bits per heavy atom. The molecule has 3 rings (SSSR count). The quantitative estimate of drug-likeness (QED) is 0.411. The summed E-state index contributed by atoms with van der Waals surface area (Å²) in [6, 6.07) is 17.3. The molecule has 1 heterocycles. The van der Waals surface area contributed by atoms with E-state index in [1.54, 1.807) is 19.4 Å². The number of ether oxygens (including phenoxy) is 1. The van der Waals surface area contributed by atoms with Crippen LogP contribution in [0.1, 0.15) is 20.3 Å². The van der Waals surface area contributed by atoms with Gasteiger partial charge in [0.15, 0.2) is 5.82 Å². The Labute approximate surface area is 177 Å². The van der Waals surface area contributed by atoms with Gasteiger partial charge in [-0.15, -0.1) is 0 Å². The average molecular weight is 399 g/mol. The third kappa shape index (κ3) is 5.00. The largest absolute Gasteiger partial charge is 0.497 e. The Kier molecular flexibility index (Phi) is 7.11. The molecule has 0 unspecified atom stereocenters. The van der Waals surface area contributed by atoms with Crippen LogP contribution in [-0.2, 0) is 4.79 Å². The first-order chi connectivity index (χ1) is 14.7. The maximum Gasteiger partial charge on any atom is 0.256 e. The smallest absolute Gasteiger partial charge is 0.256 e. The molecule has 0 aliphatic heterocycles. The molecule has 0 aliphatic rings. The number of nitrogens with one attached hydrogen (secondary N) is 1. The van der Waals surface area contributed by atoms with Crippen molar-refractivity contribution in [2.24, 2.45) is 0 Å². The third-order valence-electron chi connectivity index (χ3n) is 4.47. The van der Waals surface area contributed by atoms with Gasteiger partial charge in [-0.25, -0.2) is 9.97 Å². The minimum absolute atomic E-state index is 0.210. The topological polar surface area (TPSA) is 64.1 Å². The average Bonchev–Trinajstić information content (AvgIpc) is 2.80. The molecule has 0 radical (unpaired) electrons.